The van der Waals surface area contributed by atoms with Gasteiger partial charge in [0.05, 0.1) is 31.5 Å². The van der Waals surface area contributed by atoms with Crippen molar-refractivity contribution < 1.29 is 23.9 Å². The molecule has 0 saturated carbocycles. The van der Waals surface area contributed by atoms with Crippen molar-refractivity contribution in [2.75, 3.05) is 25.6 Å². The van der Waals surface area contributed by atoms with Gasteiger partial charge in [-0.05, 0) is 51.5 Å². The molecule has 29 heavy (non-hydrogen) atoms. The highest BCUT2D eigenvalue weighted by molar-refractivity contribution is 5.96. The first-order valence-electron chi connectivity index (χ1n) is 9.31. The lowest BCUT2D eigenvalue weighted by molar-refractivity contribution is -0.124. The van der Waals surface area contributed by atoms with E-state index in [0.29, 0.717) is 22.7 Å². The summed E-state index contributed by atoms with van der Waals surface area (Å²) in [5.74, 6) is -0.580. The summed E-state index contributed by atoms with van der Waals surface area (Å²) in [5, 5.41) is 5.32. The van der Waals surface area contributed by atoms with Crippen LogP contribution >= 0.6 is 0 Å². The Kier molecular flexibility index (Phi) is 7.41. The average molecular weight is 401 g/mol. The molecule has 0 atom stereocenters. The highest BCUT2D eigenvalue weighted by atomic mass is 16.5. The van der Waals surface area contributed by atoms with Gasteiger partial charge >= 0.3 is 5.97 Å². The zero-order chi connectivity index (χ0) is 21.6. The molecule has 1 aromatic heterocycles. The Morgan fingerprint density at radius 3 is 2.45 bits per heavy atom. The topological polar surface area (TPSA) is 98.7 Å². The number of amides is 2. The van der Waals surface area contributed by atoms with E-state index in [9.17, 15) is 14.4 Å². The number of anilines is 1. The molecule has 0 spiro atoms. The summed E-state index contributed by atoms with van der Waals surface area (Å²) in [5.41, 5.74) is 3.35. The summed E-state index contributed by atoms with van der Waals surface area (Å²) in [6.07, 6.45) is 0. The maximum Gasteiger partial charge on any atom is 0.339 e. The number of hydrogen-bond acceptors (Lipinski definition) is 5. The minimum Gasteiger partial charge on any atom is -0.495 e. The second-order valence-corrected chi connectivity index (χ2v) is 6.62. The molecule has 0 unspecified atom stereocenters. The number of rotatable bonds is 8. The number of aromatic nitrogens is 1. The molecule has 156 valence electrons. The zero-order valence-corrected chi connectivity index (χ0v) is 17.4. The lowest BCUT2D eigenvalue weighted by atomic mass is 10.2. The van der Waals surface area contributed by atoms with E-state index in [1.165, 1.54) is 7.11 Å². The maximum atomic E-state index is 12.3. The van der Waals surface area contributed by atoms with Gasteiger partial charge in [-0.3, -0.25) is 9.59 Å². The minimum atomic E-state index is -0.418. The quantitative estimate of drug-likeness (QED) is 0.662. The Morgan fingerprint density at radius 1 is 1.07 bits per heavy atom. The number of ether oxygens (including phenoxy) is 2. The summed E-state index contributed by atoms with van der Waals surface area (Å²) < 4.78 is 12.0. The molecule has 2 aromatic rings. The van der Waals surface area contributed by atoms with Gasteiger partial charge in [-0.25, -0.2) is 4.79 Å². The van der Waals surface area contributed by atoms with Gasteiger partial charge in [-0.2, -0.15) is 0 Å². The third-order valence-corrected chi connectivity index (χ3v) is 4.45. The van der Waals surface area contributed by atoms with Crippen molar-refractivity contribution in [3.8, 4) is 5.75 Å². The molecule has 1 aromatic carbocycles. The predicted molar refractivity (Wildman–Crippen MR) is 109 cm³/mol. The molecule has 0 saturated heterocycles. The fourth-order valence-corrected chi connectivity index (χ4v) is 2.95. The maximum absolute atomic E-state index is 12.3. The Labute approximate surface area is 170 Å². The van der Waals surface area contributed by atoms with Gasteiger partial charge in [0, 0.05) is 11.4 Å². The van der Waals surface area contributed by atoms with Crippen LogP contribution in [0.25, 0.3) is 0 Å². The van der Waals surface area contributed by atoms with Crippen molar-refractivity contribution in [2.24, 2.45) is 0 Å². The Bertz CT molecular complexity index is 917. The number of carbonyl (C=O) groups is 3. The van der Waals surface area contributed by atoms with Crippen LogP contribution in [0.2, 0.25) is 0 Å². The molecule has 0 radical (unpaired) electrons. The van der Waals surface area contributed by atoms with E-state index >= 15 is 0 Å². The number of aryl methyl sites for hydroxylation is 2. The van der Waals surface area contributed by atoms with Gasteiger partial charge in [0.25, 0.3) is 0 Å². The van der Waals surface area contributed by atoms with Crippen molar-refractivity contribution in [1.82, 2.24) is 9.88 Å². The summed E-state index contributed by atoms with van der Waals surface area (Å²) in [6, 6.07) is 7.13. The normalized spacial score (nSPS) is 10.4. The standard InChI is InChI=1S/C21H27N3O5/c1-6-29-21(27)16-10-14(3)24(15(16)4)12-20(26)22-11-19(25)23-17-9-13(2)7-8-18(17)28-5/h7-10H,6,11-12H2,1-5H3,(H,22,26)(H,23,25). The highest BCUT2D eigenvalue weighted by Crippen LogP contribution is 2.25. The van der Waals surface area contributed by atoms with Crippen molar-refractivity contribution >= 4 is 23.5 Å². The van der Waals surface area contributed by atoms with Crippen LogP contribution in [0, 0.1) is 20.8 Å². The van der Waals surface area contributed by atoms with E-state index in [-0.39, 0.29) is 31.5 Å². The summed E-state index contributed by atoms with van der Waals surface area (Å²) >= 11 is 0. The Hall–Kier alpha value is -3.29. The number of nitrogens with zero attached hydrogens (tertiary/aromatic N) is 1. The van der Waals surface area contributed by atoms with Crippen LogP contribution in [0.1, 0.15) is 34.2 Å². The molecule has 8 heteroatoms. The fourth-order valence-electron chi connectivity index (χ4n) is 2.95. The summed E-state index contributed by atoms with van der Waals surface area (Å²) in [4.78, 5) is 36.5. The first-order chi connectivity index (χ1) is 13.8. The zero-order valence-electron chi connectivity index (χ0n) is 17.4. The van der Waals surface area contributed by atoms with Crippen LogP contribution < -0.4 is 15.4 Å². The van der Waals surface area contributed by atoms with Gasteiger partial charge in [-0.1, -0.05) is 6.07 Å². The predicted octanol–water partition coefficient (Wildman–Crippen LogP) is 2.35. The number of carbonyl (C=O) groups excluding carboxylic acids is 3. The molecular weight excluding hydrogens is 374 g/mol. The van der Waals surface area contributed by atoms with E-state index in [2.05, 4.69) is 10.6 Å². The first-order valence-corrected chi connectivity index (χ1v) is 9.31. The van der Waals surface area contributed by atoms with Gasteiger partial charge in [0.2, 0.25) is 11.8 Å². The fraction of sp³-hybridized carbons (Fsp3) is 0.381. The average Bonchev–Trinajstić information content (AvgIpc) is 2.95. The van der Waals surface area contributed by atoms with Crippen LogP contribution in [0.5, 0.6) is 5.75 Å². The van der Waals surface area contributed by atoms with E-state index < -0.39 is 5.97 Å². The molecule has 2 N–H and O–H groups in total. The Balaban J connectivity index is 1.96. The molecule has 8 nitrogen and oxygen atoms in total. The number of hydrogen-bond donors (Lipinski definition) is 2. The van der Waals surface area contributed by atoms with Crippen LogP contribution in [0.15, 0.2) is 24.3 Å². The number of nitrogens with one attached hydrogen (secondary N) is 2. The molecule has 0 aliphatic rings. The van der Waals surface area contributed by atoms with Crippen molar-refractivity contribution in [2.45, 2.75) is 34.2 Å². The number of esters is 1. The van der Waals surface area contributed by atoms with Crippen LogP contribution in [-0.4, -0.2) is 42.6 Å². The second-order valence-electron chi connectivity index (χ2n) is 6.62. The van der Waals surface area contributed by atoms with Crippen molar-refractivity contribution in [3.63, 3.8) is 0 Å². The van der Waals surface area contributed by atoms with Gasteiger partial charge in [-0.15, -0.1) is 0 Å². The molecule has 0 aliphatic heterocycles. The molecule has 1 heterocycles. The third kappa shape index (κ3) is 5.60. The molecular formula is C21H27N3O5. The van der Waals surface area contributed by atoms with Crippen molar-refractivity contribution in [3.05, 3.63) is 46.8 Å². The van der Waals surface area contributed by atoms with E-state index in [1.54, 1.807) is 43.5 Å². The smallest absolute Gasteiger partial charge is 0.339 e. The van der Waals surface area contributed by atoms with E-state index in [4.69, 9.17) is 9.47 Å². The SMILES string of the molecule is CCOC(=O)c1cc(C)n(CC(=O)NCC(=O)Nc2cc(C)ccc2OC)c1C. The molecule has 2 rings (SSSR count). The van der Waals surface area contributed by atoms with Gasteiger partial charge < -0.3 is 24.7 Å². The van der Waals surface area contributed by atoms with Crippen LogP contribution in [0.3, 0.4) is 0 Å². The largest absolute Gasteiger partial charge is 0.495 e. The summed E-state index contributed by atoms with van der Waals surface area (Å²) in [6.45, 7) is 7.30. The van der Waals surface area contributed by atoms with E-state index in [0.717, 1.165) is 11.3 Å². The molecule has 0 bridgehead atoms. The highest BCUT2D eigenvalue weighted by Gasteiger charge is 2.18. The van der Waals surface area contributed by atoms with Gasteiger partial charge in [0.1, 0.15) is 12.3 Å². The number of methoxy groups -OCH3 is 1. The molecule has 0 fully saturated rings. The minimum absolute atomic E-state index is 0.00187. The lowest BCUT2D eigenvalue weighted by Crippen LogP contribution is -2.35. The second kappa shape index (κ2) is 9.77. The van der Waals surface area contributed by atoms with Crippen LogP contribution in [-0.2, 0) is 20.9 Å². The summed E-state index contributed by atoms with van der Waals surface area (Å²) in [7, 11) is 1.52. The number of benzene rings is 1. The monoisotopic (exact) mass is 401 g/mol. The third-order valence-electron chi connectivity index (χ3n) is 4.45. The molecule has 0 aliphatic carbocycles. The molecule has 2 amide bonds. The lowest BCUT2D eigenvalue weighted by Gasteiger charge is -2.12. The van der Waals surface area contributed by atoms with Crippen LogP contribution in [0.4, 0.5) is 5.69 Å². The van der Waals surface area contributed by atoms with Gasteiger partial charge in [0.15, 0.2) is 0 Å². The Morgan fingerprint density at radius 2 is 1.79 bits per heavy atom. The van der Waals surface area contributed by atoms with E-state index in [1.807, 2.05) is 13.0 Å². The first kappa shape index (κ1) is 22.0. The van der Waals surface area contributed by atoms with Crippen molar-refractivity contribution in [1.29, 1.82) is 0 Å².